The molecule has 0 saturated heterocycles. The normalized spacial score (nSPS) is 13.5. The van der Waals surface area contributed by atoms with E-state index in [2.05, 4.69) is 4.40 Å². The summed E-state index contributed by atoms with van der Waals surface area (Å²) in [6.07, 6.45) is 5.76. The zero-order chi connectivity index (χ0) is 13.6. The van der Waals surface area contributed by atoms with E-state index in [1.165, 1.54) is 6.21 Å². The van der Waals surface area contributed by atoms with Crippen molar-refractivity contribution in [3.63, 3.8) is 0 Å². The van der Waals surface area contributed by atoms with Gasteiger partial charge < -0.3 is 0 Å². The molecule has 0 unspecified atom stereocenters. The van der Waals surface area contributed by atoms with Crippen LogP contribution < -0.4 is 0 Å². The Morgan fingerprint density at radius 2 is 1.78 bits per heavy atom. The van der Waals surface area contributed by atoms with Gasteiger partial charge >= 0.3 is 0 Å². The summed E-state index contributed by atoms with van der Waals surface area (Å²) >= 11 is 0. The van der Waals surface area contributed by atoms with Crippen LogP contribution >= 0.6 is 0 Å². The van der Waals surface area contributed by atoms with Gasteiger partial charge in [-0.05, 0) is 26.3 Å². The van der Waals surface area contributed by atoms with E-state index in [1.54, 1.807) is 20.8 Å². The van der Waals surface area contributed by atoms with Gasteiger partial charge in [0.15, 0.2) is 0 Å². The first-order valence-electron chi connectivity index (χ1n) is 5.83. The Labute approximate surface area is 109 Å². The molecule has 0 saturated carbocycles. The minimum Gasteiger partial charge on any atom is -0.204 e. The summed E-state index contributed by atoms with van der Waals surface area (Å²) in [4.78, 5) is 0. The molecule has 4 heteroatoms. The van der Waals surface area contributed by atoms with E-state index in [1.807, 2.05) is 42.5 Å². The van der Waals surface area contributed by atoms with Crippen LogP contribution in [0.25, 0.3) is 6.08 Å². The maximum absolute atomic E-state index is 11.7. The van der Waals surface area contributed by atoms with Crippen molar-refractivity contribution in [1.82, 2.24) is 0 Å². The molecule has 0 bridgehead atoms. The fourth-order valence-corrected chi connectivity index (χ4v) is 1.73. The second-order valence-electron chi connectivity index (χ2n) is 4.92. The predicted molar refractivity (Wildman–Crippen MR) is 77.3 cm³/mol. The molecule has 98 valence electrons. The van der Waals surface area contributed by atoms with Gasteiger partial charge in [-0.1, -0.05) is 42.5 Å². The molecular weight excluding hydrogens is 246 g/mol. The molecule has 1 rings (SSSR count). The third-order valence-electron chi connectivity index (χ3n) is 2.34. The van der Waals surface area contributed by atoms with Crippen LogP contribution in [0.4, 0.5) is 0 Å². The lowest BCUT2D eigenvalue weighted by molar-refractivity contribution is 0.562. The molecule has 0 aliphatic carbocycles. The molecule has 0 radical (unpaired) electrons. The minimum atomic E-state index is -3.41. The van der Waals surface area contributed by atoms with Gasteiger partial charge in [0, 0.05) is 12.6 Å². The van der Waals surface area contributed by atoms with Crippen molar-refractivity contribution in [2.24, 2.45) is 4.40 Å². The van der Waals surface area contributed by atoms with Crippen molar-refractivity contribution in [2.45, 2.75) is 31.9 Å². The quantitative estimate of drug-likeness (QED) is 0.784. The fourth-order valence-electron chi connectivity index (χ4n) is 1.13. The smallest absolute Gasteiger partial charge is 0.204 e. The molecule has 0 N–H and O–H groups in total. The second-order valence-corrected chi connectivity index (χ2v) is 7.31. The molecule has 0 amide bonds. The Balaban J connectivity index is 2.55. The molecule has 18 heavy (non-hydrogen) atoms. The van der Waals surface area contributed by atoms with Crippen LogP contribution in [0.1, 0.15) is 32.8 Å². The number of benzene rings is 1. The van der Waals surface area contributed by atoms with E-state index in [-0.39, 0.29) is 0 Å². The van der Waals surface area contributed by atoms with Gasteiger partial charge in [0.1, 0.15) is 0 Å². The van der Waals surface area contributed by atoms with Gasteiger partial charge in [-0.15, -0.1) is 0 Å². The first-order chi connectivity index (χ1) is 8.33. The van der Waals surface area contributed by atoms with Gasteiger partial charge in [0.05, 0.1) is 4.75 Å². The molecule has 0 fully saturated rings. The third-order valence-corrected chi connectivity index (χ3v) is 4.31. The Kier molecular flexibility index (Phi) is 4.84. The Morgan fingerprint density at radius 3 is 2.33 bits per heavy atom. The van der Waals surface area contributed by atoms with Crippen molar-refractivity contribution in [2.75, 3.05) is 0 Å². The van der Waals surface area contributed by atoms with Crippen molar-refractivity contribution < 1.29 is 8.42 Å². The summed E-state index contributed by atoms with van der Waals surface area (Å²) in [6.45, 7) is 4.92. The first kappa shape index (κ1) is 14.6. The van der Waals surface area contributed by atoms with Crippen LogP contribution in [0.15, 0.2) is 40.8 Å². The molecule has 0 aliphatic heterocycles. The second kappa shape index (κ2) is 5.96. The summed E-state index contributed by atoms with van der Waals surface area (Å²) in [5.41, 5.74) is 1.09. The number of rotatable bonds is 4. The predicted octanol–water partition coefficient (Wildman–Crippen LogP) is 3.29. The Hall–Kier alpha value is -1.42. The highest BCUT2D eigenvalue weighted by molar-refractivity contribution is 7.91. The summed E-state index contributed by atoms with van der Waals surface area (Å²) < 4.78 is 26.1. The topological polar surface area (TPSA) is 46.5 Å². The molecule has 0 spiro atoms. The zero-order valence-electron chi connectivity index (χ0n) is 11.0. The van der Waals surface area contributed by atoms with Crippen LogP contribution in [0.5, 0.6) is 0 Å². The van der Waals surface area contributed by atoms with Gasteiger partial charge in [0.2, 0.25) is 0 Å². The first-order valence-corrected chi connectivity index (χ1v) is 7.27. The largest absolute Gasteiger partial charge is 0.257 e. The maximum atomic E-state index is 11.7. The number of hydrogen-bond acceptors (Lipinski definition) is 2. The van der Waals surface area contributed by atoms with Gasteiger partial charge in [-0.3, -0.25) is 0 Å². The number of nitrogens with zero attached hydrogens (tertiary/aromatic N) is 1. The molecule has 0 aromatic heterocycles. The van der Waals surface area contributed by atoms with Crippen molar-refractivity contribution in [1.29, 1.82) is 0 Å². The standard InChI is InChI=1S/C14H19NO2S/c1-14(2,3)18(16,17)15-12-8-7-11-13-9-5-4-6-10-13/h4-7,9-12H,8H2,1-3H3/b11-7+,15-12+. The van der Waals surface area contributed by atoms with Gasteiger partial charge in [-0.2, -0.15) is 4.40 Å². The maximum Gasteiger partial charge on any atom is 0.257 e. The van der Waals surface area contributed by atoms with E-state index in [9.17, 15) is 8.42 Å². The zero-order valence-corrected chi connectivity index (χ0v) is 11.8. The van der Waals surface area contributed by atoms with E-state index in [0.29, 0.717) is 6.42 Å². The Morgan fingerprint density at radius 1 is 1.17 bits per heavy atom. The highest BCUT2D eigenvalue weighted by atomic mass is 32.2. The van der Waals surface area contributed by atoms with E-state index in [0.717, 1.165) is 5.56 Å². The number of allylic oxidation sites excluding steroid dienone is 1. The lowest BCUT2D eigenvalue weighted by Crippen LogP contribution is -2.25. The number of sulfonamides is 1. The summed E-state index contributed by atoms with van der Waals surface area (Å²) in [5.74, 6) is 0. The summed E-state index contributed by atoms with van der Waals surface area (Å²) in [6, 6.07) is 9.84. The number of hydrogen-bond donors (Lipinski definition) is 0. The fraction of sp³-hybridized carbons (Fsp3) is 0.357. The highest BCUT2D eigenvalue weighted by Gasteiger charge is 2.27. The summed E-state index contributed by atoms with van der Waals surface area (Å²) in [5, 5.41) is 0. The van der Waals surface area contributed by atoms with Gasteiger partial charge in [0.25, 0.3) is 10.0 Å². The monoisotopic (exact) mass is 265 g/mol. The molecule has 0 atom stereocenters. The lowest BCUT2D eigenvalue weighted by atomic mass is 10.2. The van der Waals surface area contributed by atoms with E-state index in [4.69, 9.17) is 0 Å². The third kappa shape index (κ3) is 4.45. The van der Waals surface area contributed by atoms with Crippen molar-refractivity contribution in [3.8, 4) is 0 Å². The highest BCUT2D eigenvalue weighted by Crippen LogP contribution is 2.16. The molecule has 3 nitrogen and oxygen atoms in total. The van der Waals surface area contributed by atoms with Crippen LogP contribution in [-0.4, -0.2) is 19.4 Å². The molecule has 0 aliphatic rings. The molecular formula is C14H19NO2S. The van der Waals surface area contributed by atoms with E-state index < -0.39 is 14.8 Å². The van der Waals surface area contributed by atoms with Crippen molar-refractivity contribution in [3.05, 3.63) is 42.0 Å². The minimum absolute atomic E-state index is 0.504. The van der Waals surface area contributed by atoms with Crippen LogP contribution in [0, 0.1) is 0 Å². The SMILES string of the molecule is CC(C)(C)S(=O)(=O)/N=C/C/C=C/c1ccccc1. The molecule has 1 aromatic rings. The van der Waals surface area contributed by atoms with Gasteiger partial charge in [-0.25, -0.2) is 8.42 Å². The van der Waals surface area contributed by atoms with Crippen LogP contribution in [0.2, 0.25) is 0 Å². The molecule has 0 heterocycles. The van der Waals surface area contributed by atoms with Crippen molar-refractivity contribution >= 4 is 22.3 Å². The molecule has 1 aromatic carbocycles. The lowest BCUT2D eigenvalue weighted by Gasteiger charge is -2.14. The van der Waals surface area contributed by atoms with Crippen LogP contribution in [0.3, 0.4) is 0 Å². The van der Waals surface area contributed by atoms with Crippen LogP contribution in [-0.2, 0) is 10.0 Å². The summed E-state index contributed by atoms with van der Waals surface area (Å²) in [7, 11) is -3.41. The Bertz CT molecular complexity index is 523. The average Bonchev–Trinajstić information content (AvgIpc) is 2.28. The average molecular weight is 265 g/mol. The van der Waals surface area contributed by atoms with E-state index >= 15 is 0 Å².